The van der Waals surface area contributed by atoms with Crippen LogP contribution < -0.4 is 25.8 Å². The summed E-state index contributed by atoms with van der Waals surface area (Å²) in [5, 5.41) is 14.7. The summed E-state index contributed by atoms with van der Waals surface area (Å²) < 4.78 is 41.0. The van der Waals surface area contributed by atoms with Gasteiger partial charge in [-0.15, -0.1) is 0 Å². The van der Waals surface area contributed by atoms with Gasteiger partial charge in [-0.25, -0.2) is 22.7 Å². The van der Waals surface area contributed by atoms with Gasteiger partial charge in [0.15, 0.2) is 0 Å². The molecule has 1 aliphatic heterocycles. The fourth-order valence-corrected chi connectivity index (χ4v) is 8.77. The van der Waals surface area contributed by atoms with E-state index in [0.29, 0.717) is 29.9 Å². The van der Waals surface area contributed by atoms with Gasteiger partial charge in [-0.2, -0.15) is 12.6 Å². The van der Waals surface area contributed by atoms with Gasteiger partial charge in [0.2, 0.25) is 11.9 Å². The van der Waals surface area contributed by atoms with Gasteiger partial charge in [0.05, 0.1) is 11.5 Å². The number of amides is 2. The number of nitrogens with one attached hydrogen (secondary N) is 3. The zero-order chi connectivity index (χ0) is 38.7. The lowest BCUT2D eigenvalue weighted by molar-refractivity contribution is -0.142. The van der Waals surface area contributed by atoms with Crippen molar-refractivity contribution in [3.05, 3.63) is 81.9 Å². The van der Waals surface area contributed by atoms with E-state index in [-0.39, 0.29) is 53.9 Å². The molecule has 1 heterocycles. The highest BCUT2D eigenvalue weighted by molar-refractivity contribution is 7.90. The van der Waals surface area contributed by atoms with E-state index in [0.717, 1.165) is 33.4 Å². The third-order valence-corrected chi connectivity index (χ3v) is 11.8. The average molecular weight is 766 g/mol. The predicted octanol–water partition coefficient (Wildman–Crippen LogP) is 4.35. The third kappa shape index (κ3) is 8.73. The number of fused-ring (bicyclic) bond motifs is 4. The maximum absolute atomic E-state index is 13.5. The molecule has 53 heavy (non-hydrogen) atoms. The molecule has 284 valence electrons. The van der Waals surface area contributed by atoms with Crippen molar-refractivity contribution in [3.8, 4) is 16.9 Å². The first kappa shape index (κ1) is 39.4. The Labute approximate surface area is 315 Å². The molecular weight excluding hydrogens is 719 g/mol. The standard InChI is InChI=1S/C38H47N5O8S2/c1-21-22(2)33(23(3)28-17-38(4,5)20-51-32(21)28)53(48,49)43-36(39)40-16-10-15-30(35(45)46)41-34(44)31(19-52)42-37(47)50-18-29-26-13-8-6-11-24(26)25-12-7-9-14-27(25)29/h6-9,11-14,29-31,52H,10,15-20H2,1-5H3,(H,41,44)(H,42,47)(H,45,46)(H3,39,40,43)/t30-,31-/m0/s1. The third-order valence-electron chi connectivity index (χ3n) is 9.76. The van der Waals surface area contributed by atoms with Gasteiger partial charge < -0.3 is 30.9 Å². The Kier molecular flexibility index (Phi) is 12.0. The van der Waals surface area contributed by atoms with Crippen molar-refractivity contribution < 1.29 is 37.4 Å². The molecule has 5 rings (SSSR count). The number of aliphatic imine (C=N–C) groups is 1. The molecule has 0 unspecified atom stereocenters. The number of carboxylic acids is 1. The van der Waals surface area contributed by atoms with Gasteiger partial charge in [0, 0.05) is 23.6 Å². The fraction of sp³-hybridized carbons (Fsp3) is 0.421. The van der Waals surface area contributed by atoms with E-state index in [1.165, 1.54) is 0 Å². The number of benzene rings is 3. The van der Waals surface area contributed by atoms with Crippen LogP contribution in [0.25, 0.3) is 11.1 Å². The number of sulfonamides is 1. The van der Waals surface area contributed by atoms with Crippen molar-refractivity contribution in [1.29, 1.82) is 0 Å². The highest BCUT2D eigenvalue weighted by atomic mass is 32.2. The molecule has 0 saturated heterocycles. The van der Waals surface area contributed by atoms with Crippen LogP contribution in [0.4, 0.5) is 4.79 Å². The molecule has 13 nitrogen and oxygen atoms in total. The second kappa shape index (κ2) is 16.1. The van der Waals surface area contributed by atoms with Crippen LogP contribution in [-0.2, 0) is 30.8 Å². The Morgan fingerprint density at radius 2 is 1.62 bits per heavy atom. The number of nitrogens with two attached hydrogens (primary N) is 1. The van der Waals surface area contributed by atoms with Crippen molar-refractivity contribution in [2.24, 2.45) is 16.1 Å². The zero-order valence-electron chi connectivity index (χ0n) is 30.5. The highest BCUT2D eigenvalue weighted by Crippen LogP contribution is 2.45. The number of carbonyl (C=O) groups excluding carboxylic acids is 2. The van der Waals surface area contributed by atoms with Gasteiger partial charge in [-0.3, -0.25) is 9.79 Å². The van der Waals surface area contributed by atoms with Crippen molar-refractivity contribution in [2.75, 3.05) is 25.5 Å². The fourth-order valence-electron chi connectivity index (χ4n) is 6.99. The molecule has 2 amide bonds. The summed E-state index contributed by atoms with van der Waals surface area (Å²) in [6.07, 6.45) is -0.0864. The molecule has 0 bridgehead atoms. The number of hydrogen-bond acceptors (Lipinski definition) is 9. The second-order valence-electron chi connectivity index (χ2n) is 14.3. The number of alkyl carbamates (subject to hydrolysis) is 1. The van der Waals surface area contributed by atoms with E-state index >= 15 is 0 Å². The Morgan fingerprint density at radius 3 is 2.23 bits per heavy atom. The van der Waals surface area contributed by atoms with Crippen LogP contribution in [0.1, 0.15) is 66.0 Å². The first-order chi connectivity index (χ1) is 25.0. The maximum Gasteiger partial charge on any atom is 0.407 e. The Bertz CT molecular complexity index is 2000. The number of nitrogens with zero attached hydrogens (tertiary/aromatic N) is 1. The summed E-state index contributed by atoms with van der Waals surface area (Å²) in [5.74, 6) is -1.98. The zero-order valence-corrected chi connectivity index (χ0v) is 32.2. The largest absolute Gasteiger partial charge is 0.492 e. The lowest BCUT2D eigenvalue weighted by atomic mass is 9.81. The molecular formula is C38H47N5O8S2. The molecule has 15 heteroatoms. The summed E-state index contributed by atoms with van der Waals surface area (Å²) in [7, 11) is -4.12. The van der Waals surface area contributed by atoms with Crippen molar-refractivity contribution in [2.45, 2.75) is 76.8 Å². The van der Waals surface area contributed by atoms with Crippen LogP contribution in [0.5, 0.6) is 5.75 Å². The van der Waals surface area contributed by atoms with Gasteiger partial charge >= 0.3 is 12.1 Å². The lowest BCUT2D eigenvalue weighted by Crippen LogP contribution is -2.52. The quantitative estimate of drug-likeness (QED) is 0.0634. The number of guanidine groups is 1. The Balaban J connectivity index is 1.13. The number of carboxylic acid groups (broad SMARTS) is 1. The summed E-state index contributed by atoms with van der Waals surface area (Å²) >= 11 is 4.18. The molecule has 0 fully saturated rings. The number of ether oxygens (including phenoxy) is 2. The molecule has 0 saturated carbocycles. The summed E-state index contributed by atoms with van der Waals surface area (Å²) in [6.45, 7) is 9.97. The van der Waals surface area contributed by atoms with E-state index in [9.17, 15) is 27.9 Å². The number of carbonyl (C=O) groups is 3. The Hall–Kier alpha value is -4.76. The first-order valence-electron chi connectivity index (χ1n) is 17.4. The van der Waals surface area contributed by atoms with E-state index in [1.54, 1.807) is 13.8 Å². The second-order valence-corrected chi connectivity index (χ2v) is 16.2. The molecule has 2 aliphatic rings. The smallest absolute Gasteiger partial charge is 0.407 e. The topological polar surface area (TPSA) is 199 Å². The minimum atomic E-state index is -4.12. The SMILES string of the molecule is Cc1c(C)c(S(=O)(=O)NC(N)=NCCC[C@H](NC(=O)[C@H](CS)NC(=O)OCC2c3ccccc3-c3ccccc32)C(=O)O)c(C)c2c1OCC(C)(C)C2. The number of aliphatic carboxylic acids is 1. The molecule has 3 aromatic rings. The first-order valence-corrected chi connectivity index (χ1v) is 19.5. The number of hydrogen-bond donors (Lipinski definition) is 6. The van der Waals surface area contributed by atoms with Crippen molar-refractivity contribution in [1.82, 2.24) is 15.4 Å². The van der Waals surface area contributed by atoms with Crippen LogP contribution >= 0.6 is 12.6 Å². The summed E-state index contributed by atoms with van der Waals surface area (Å²) in [6, 6.07) is 13.3. The molecule has 1 aliphatic carbocycles. The van der Waals surface area contributed by atoms with Crippen molar-refractivity contribution in [3.63, 3.8) is 0 Å². The van der Waals surface area contributed by atoms with E-state index in [2.05, 4.69) is 46.8 Å². The normalized spacial score (nSPS) is 15.9. The molecule has 0 aromatic heterocycles. The van der Waals surface area contributed by atoms with Crippen LogP contribution in [-0.4, -0.2) is 75.0 Å². The Morgan fingerprint density at radius 1 is 1.00 bits per heavy atom. The van der Waals surface area contributed by atoms with Gasteiger partial charge in [0.25, 0.3) is 10.0 Å². The minimum absolute atomic E-state index is 0.0226. The molecule has 0 spiro atoms. The lowest BCUT2D eigenvalue weighted by Gasteiger charge is -2.34. The van der Waals surface area contributed by atoms with Crippen LogP contribution in [0, 0.1) is 26.2 Å². The predicted molar refractivity (Wildman–Crippen MR) is 205 cm³/mol. The molecule has 2 atom stereocenters. The number of rotatable bonds is 13. The maximum atomic E-state index is 13.5. The van der Waals surface area contributed by atoms with E-state index < -0.39 is 40.1 Å². The molecule has 3 aromatic carbocycles. The van der Waals surface area contributed by atoms with Crippen LogP contribution in [0.2, 0.25) is 0 Å². The van der Waals surface area contributed by atoms with E-state index in [1.807, 2.05) is 55.5 Å². The number of thiol groups is 1. The molecule has 6 N–H and O–H groups in total. The highest BCUT2D eigenvalue weighted by Gasteiger charge is 2.34. The molecule has 0 radical (unpaired) electrons. The minimum Gasteiger partial charge on any atom is -0.492 e. The monoisotopic (exact) mass is 765 g/mol. The van der Waals surface area contributed by atoms with Gasteiger partial charge in [-0.05, 0) is 84.5 Å². The van der Waals surface area contributed by atoms with Gasteiger partial charge in [-0.1, -0.05) is 62.4 Å². The van der Waals surface area contributed by atoms with E-state index in [4.69, 9.17) is 15.2 Å². The summed E-state index contributed by atoms with van der Waals surface area (Å²) in [5.41, 5.74) is 12.8. The van der Waals surface area contributed by atoms with Crippen LogP contribution in [0.3, 0.4) is 0 Å². The van der Waals surface area contributed by atoms with Gasteiger partial charge in [0.1, 0.15) is 24.4 Å². The van der Waals surface area contributed by atoms with Crippen molar-refractivity contribution >= 4 is 46.6 Å². The average Bonchev–Trinajstić information content (AvgIpc) is 3.42. The van der Waals surface area contributed by atoms with Crippen LogP contribution in [0.15, 0.2) is 58.4 Å². The summed E-state index contributed by atoms with van der Waals surface area (Å²) in [4.78, 5) is 42.0.